The lowest BCUT2D eigenvalue weighted by atomic mass is 9.95. The van der Waals surface area contributed by atoms with Gasteiger partial charge < -0.3 is 24.8 Å². The molecule has 0 amide bonds. The van der Waals surface area contributed by atoms with Crippen molar-refractivity contribution in [2.75, 3.05) is 37.8 Å². The summed E-state index contributed by atoms with van der Waals surface area (Å²) in [7, 11) is 0. The van der Waals surface area contributed by atoms with Gasteiger partial charge in [0.05, 0.1) is 12.2 Å². The predicted octanol–water partition coefficient (Wildman–Crippen LogP) is 5.86. The van der Waals surface area contributed by atoms with Crippen LogP contribution in [0.3, 0.4) is 0 Å². The maximum atomic E-state index is 16.9. The lowest BCUT2D eigenvalue weighted by Gasteiger charge is -2.34. The zero-order chi connectivity index (χ0) is 29.7. The van der Waals surface area contributed by atoms with Gasteiger partial charge in [0.2, 0.25) is 5.88 Å². The molecule has 0 spiro atoms. The molecule has 2 aromatic carbocycles. The van der Waals surface area contributed by atoms with Gasteiger partial charge in [0.1, 0.15) is 23.1 Å². The molecule has 4 aromatic rings. The molecule has 3 saturated heterocycles. The molecule has 3 aliphatic heterocycles. The minimum Gasteiger partial charge on any atom is -0.508 e. The molecular weight excluding hydrogens is 550 g/mol. The molecule has 2 aromatic heterocycles. The number of aromatic hydroxyl groups is 1. The summed E-state index contributed by atoms with van der Waals surface area (Å²) in [6.45, 7) is 5.33. The molecule has 43 heavy (non-hydrogen) atoms. The van der Waals surface area contributed by atoms with E-state index in [0.717, 1.165) is 58.4 Å². The Morgan fingerprint density at radius 2 is 1.88 bits per heavy atom. The second-order valence-electron chi connectivity index (χ2n) is 12.0. The van der Waals surface area contributed by atoms with Crippen LogP contribution in [0.2, 0.25) is 0 Å². The number of phenols is 1. The first-order valence-corrected chi connectivity index (χ1v) is 15.0. The Hall–Kier alpha value is -4.00. The van der Waals surface area contributed by atoms with E-state index >= 15 is 4.39 Å². The van der Waals surface area contributed by atoms with E-state index in [1.165, 1.54) is 24.3 Å². The van der Waals surface area contributed by atoms with Gasteiger partial charge in [-0.1, -0.05) is 12.0 Å². The quantitative estimate of drug-likeness (QED) is 0.275. The number of pyridine rings is 2. The molecule has 3 fully saturated rings. The SMILES string of the molecule is C#Cc1c(F)ccc2cc(O)cc(-c3ncc4c(N5C[C@H]6CC[C@@H](C5)N6)nc(OCCC5CCOCC5)c(C)c4c3F)c12. The molecule has 9 heteroatoms. The maximum absolute atomic E-state index is 16.9. The van der Waals surface area contributed by atoms with E-state index in [2.05, 4.69) is 21.1 Å². The van der Waals surface area contributed by atoms with Gasteiger partial charge in [0.25, 0.3) is 0 Å². The fourth-order valence-corrected chi connectivity index (χ4v) is 7.02. The van der Waals surface area contributed by atoms with Crippen molar-refractivity contribution in [3.63, 3.8) is 0 Å². The van der Waals surface area contributed by atoms with Crippen LogP contribution < -0.4 is 15.0 Å². The number of halogens is 2. The summed E-state index contributed by atoms with van der Waals surface area (Å²) in [5, 5.41) is 15.9. The molecule has 0 saturated carbocycles. The zero-order valence-electron chi connectivity index (χ0n) is 24.1. The van der Waals surface area contributed by atoms with Crippen LogP contribution in [0.25, 0.3) is 32.8 Å². The predicted molar refractivity (Wildman–Crippen MR) is 163 cm³/mol. The van der Waals surface area contributed by atoms with Crippen molar-refractivity contribution in [2.24, 2.45) is 5.92 Å². The fraction of sp³-hybridized carbons (Fsp3) is 0.412. The van der Waals surface area contributed by atoms with Crippen LogP contribution in [-0.2, 0) is 4.74 Å². The zero-order valence-corrected chi connectivity index (χ0v) is 24.1. The number of anilines is 1. The normalized spacial score (nSPS) is 20.6. The van der Waals surface area contributed by atoms with Crippen LogP contribution in [0.5, 0.6) is 11.6 Å². The molecule has 2 atom stereocenters. The number of aryl methyl sites for hydroxylation is 1. The van der Waals surface area contributed by atoms with Crippen LogP contribution in [0, 0.1) is 36.8 Å². The van der Waals surface area contributed by atoms with Gasteiger partial charge in [-0.2, -0.15) is 4.98 Å². The van der Waals surface area contributed by atoms with E-state index in [1.807, 2.05) is 6.92 Å². The van der Waals surface area contributed by atoms with Gasteiger partial charge in [-0.05, 0) is 68.5 Å². The van der Waals surface area contributed by atoms with E-state index in [-0.39, 0.29) is 22.6 Å². The highest BCUT2D eigenvalue weighted by Gasteiger charge is 2.34. The second-order valence-corrected chi connectivity index (χ2v) is 12.0. The first kappa shape index (κ1) is 27.8. The number of hydrogen-bond acceptors (Lipinski definition) is 7. The monoisotopic (exact) mass is 584 g/mol. The molecule has 5 heterocycles. The molecule has 0 radical (unpaired) electrons. The summed E-state index contributed by atoms with van der Waals surface area (Å²) < 4.78 is 43.5. The number of phenolic OH excluding ortho intramolecular Hbond substituents is 1. The van der Waals surface area contributed by atoms with E-state index in [1.54, 1.807) is 6.20 Å². The van der Waals surface area contributed by atoms with Crippen molar-refractivity contribution >= 4 is 27.4 Å². The van der Waals surface area contributed by atoms with Crippen molar-refractivity contribution in [1.82, 2.24) is 15.3 Å². The largest absolute Gasteiger partial charge is 0.508 e. The number of benzene rings is 2. The van der Waals surface area contributed by atoms with E-state index < -0.39 is 11.6 Å². The molecule has 7 nitrogen and oxygen atoms in total. The number of ether oxygens (including phenoxy) is 2. The first-order valence-electron chi connectivity index (χ1n) is 15.0. The average Bonchev–Trinajstić information content (AvgIpc) is 3.35. The molecule has 3 aliphatic rings. The topological polar surface area (TPSA) is 79.7 Å². The molecule has 0 aliphatic carbocycles. The summed E-state index contributed by atoms with van der Waals surface area (Å²) in [6.07, 6.45) is 12.4. The van der Waals surface area contributed by atoms with Crippen molar-refractivity contribution in [2.45, 2.75) is 51.1 Å². The lowest BCUT2D eigenvalue weighted by molar-refractivity contribution is 0.0591. The Bertz CT molecular complexity index is 1750. The van der Waals surface area contributed by atoms with Crippen LogP contribution in [0.1, 0.15) is 43.2 Å². The first-order chi connectivity index (χ1) is 20.9. The molecule has 222 valence electrons. The van der Waals surface area contributed by atoms with Gasteiger partial charge in [-0.25, -0.2) is 8.78 Å². The van der Waals surface area contributed by atoms with Crippen molar-refractivity contribution in [1.29, 1.82) is 0 Å². The minimum absolute atomic E-state index is 0.00522. The molecule has 0 unspecified atom stereocenters. The van der Waals surface area contributed by atoms with E-state index in [4.69, 9.17) is 20.9 Å². The Balaban J connectivity index is 1.38. The van der Waals surface area contributed by atoms with Crippen LogP contribution in [0.15, 0.2) is 30.5 Å². The average molecular weight is 585 g/mol. The van der Waals surface area contributed by atoms with Crippen molar-refractivity contribution in [3.8, 4) is 35.2 Å². The smallest absolute Gasteiger partial charge is 0.218 e. The third-order valence-corrected chi connectivity index (χ3v) is 9.24. The van der Waals surface area contributed by atoms with Crippen molar-refractivity contribution < 1.29 is 23.4 Å². The van der Waals surface area contributed by atoms with E-state index in [9.17, 15) is 9.50 Å². The highest BCUT2D eigenvalue weighted by atomic mass is 19.1. The standard InChI is InChI=1S/C34H34F2N4O3/c1-3-25-28(35)7-4-21-14-24(41)15-26(30(21)25)32-31(36)29-19(2)34(43-13-10-20-8-11-42-12-9-20)39-33(27(29)16-37-32)40-17-22-5-6-23(18-40)38-22/h1,4,7,14-16,20,22-23,38,41H,5-6,8-13,17-18H2,2H3/t22-,23+. The summed E-state index contributed by atoms with van der Waals surface area (Å²) in [5.41, 5.74) is 0.762. The Morgan fingerprint density at radius 3 is 2.63 bits per heavy atom. The van der Waals surface area contributed by atoms with Crippen LogP contribution in [0.4, 0.5) is 14.6 Å². The highest BCUT2D eigenvalue weighted by Crippen LogP contribution is 2.41. The third kappa shape index (κ3) is 5.02. The number of nitrogens with one attached hydrogen (secondary N) is 1. The Kier molecular flexibility index (Phi) is 7.28. The van der Waals surface area contributed by atoms with E-state index in [0.29, 0.717) is 63.4 Å². The Labute approximate surface area is 249 Å². The Morgan fingerprint density at radius 1 is 1.12 bits per heavy atom. The number of hydrogen-bond donors (Lipinski definition) is 2. The number of aromatic nitrogens is 2. The molecule has 2 N–H and O–H groups in total. The summed E-state index contributed by atoms with van der Waals surface area (Å²) >= 11 is 0. The van der Waals surface area contributed by atoms with Gasteiger partial charge in [-0.15, -0.1) is 6.42 Å². The third-order valence-electron chi connectivity index (χ3n) is 9.24. The fourth-order valence-electron chi connectivity index (χ4n) is 7.02. The number of terminal acetylenes is 1. The van der Waals surface area contributed by atoms with Crippen LogP contribution >= 0.6 is 0 Å². The summed E-state index contributed by atoms with van der Waals surface area (Å²) in [6, 6.07) is 6.33. The molecule has 2 bridgehead atoms. The van der Waals surface area contributed by atoms with Crippen LogP contribution in [-0.4, -0.2) is 60.1 Å². The summed E-state index contributed by atoms with van der Waals surface area (Å²) in [4.78, 5) is 11.8. The van der Waals surface area contributed by atoms with Crippen molar-refractivity contribution in [3.05, 3.63) is 53.2 Å². The number of piperazine rings is 1. The lowest BCUT2D eigenvalue weighted by Crippen LogP contribution is -2.51. The number of nitrogens with zero attached hydrogens (tertiary/aromatic N) is 3. The minimum atomic E-state index is -0.598. The number of fused-ring (bicyclic) bond motifs is 4. The molecule has 7 rings (SSSR count). The maximum Gasteiger partial charge on any atom is 0.218 e. The van der Waals surface area contributed by atoms with Gasteiger partial charge >= 0.3 is 0 Å². The highest BCUT2D eigenvalue weighted by molar-refractivity contribution is 6.04. The van der Waals surface area contributed by atoms with Gasteiger partial charge in [-0.3, -0.25) is 4.98 Å². The van der Waals surface area contributed by atoms with Gasteiger partial charge in [0, 0.05) is 71.9 Å². The summed E-state index contributed by atoms with van der Waals surface area (Å²) in [5.74, 6) is 2.68. The van der Waals surface area contributed by atoms with Gasteiger partial charge in [0.15, 0.2) is 5.82 Å². The molecular formula is C34H34F2N4O3. The number of rotatable bonds is 6. The second kappa shape index (κ2) is 11.3.